The smallest absolute Gasteiger partial charge is 0.242 e. The van der Waals surface area contributed by atoms with Crippen molar-refractivity contribution in [2.24, 2.45) is 5.84 Å². The number of nitrogens with zero attached hydrogens (tertiary/aromatic N) is 2. The topological polar surface area (TPSA) is 110 Å². The van der Waals surface area contributed by atoms with Crippen molar-refractivity contribution in [3.63, 3.8) is 0 Å². The number of anilines is 1. The summed E-state index contributed by atoms with van der Waals surface area (Å²) in [5, 5.41) is 0.128. The maximum absolute atomic E-state index is 12.0. The molecule has 0 fully saturated rings. The molecule has 10 heteroatoms. The van der Waals surface area contributed by atoms with E-state index in [0.717, 1.165) is 4.88 Å². The first-order valence-corrected chi connectivity index (χ1v) is 7.76. The highest BCUT2D eigenvalue weighted by Gasteiger charge is 2.16. The summed E-state index contributed by atoms with van der Waals surface area (Å²) in [4.78, 5) is 8.45. The van der Waals surface area contributed by atoms with Gasteiger partial charge in [-0.05, 0) is 6.07 Å². The van der Waals surface area contributed by atoms with Crippen molar-refractivity contribution in [2.45, 2.75) is 11.4 Å². The molecule has 4 N–H and O–H groups in total. The third-order valence-corrected chi connectivity index (χ3v) is 4.62. The summed E-state index contributed by atoms with van der Waals surface area (Å²) in [6.07, 6.45) is 2.77. The molecule has 0 saturated carbocycles. The first-order chi connectivity index (χ1) is 9.03. The quantitative estimate of drug-likeness (QED) is 0.559. The molecule has 0 aliphatic rings. The Kier molecular flexibility index (Phi) is 4.32. The number of nitrogens with two attached hydrogens (primary N) is 1. The van der Waals surface area contributed by atoms with Crippen LogP contribution in [-0.2, 0) is 16.6 Å². The molecule has 0 aliphatic carbocycles. The zero-order chi connectivity index (χ0) is 13.9. The fraction of sp³-hybridized carbons (Fsp3) is 0.111. The summed E-state index contributed by atoms with van der Waals surface area (Å²) in [7, 11) is -3.67. The van der Waals surface area contributed by atoms with E-state index < -0.39 is 10.0 Å². The van der Waals surface area contributed by atoms with Crippen LogP contribution in [0, 0.1) is 0 Å². The Balaban J connectivity index is 2.17. The van der Waals surface area contributed by atoms with Crippen LogP contribution in [0.3, 0.4) is 0 Å². The Morgan fingerprint density at radius 3 is 2.79 bits per heavy atom. The summed E-state index contributed by atoms with van der Waals surface area (Å²) in [5.41, 5.74) is 3.89. The van der Waals surface area contributed by atoms with Gasteiger partial charge in [-0.15, -0.1) is 11.3 Å². The molecule has 7 nitrogen and oxygen atoms in total. The minimum atomic E-state index is -3.67. The fourth-order valence-electron chi connectivity index (χ4n) is 1.25. The number of halogens is 1. The van der Waals surface area contributed by atoms with Crippen molar-refractivity contribution >= 4 is 38.8 Å². The van der Waals surface area contributed by atoms with Crippen LogP contribution in [0.2, 0.25) is 5.02 Å². The van der Waals surface area contributed by atoms with Gasteiger partial charge in [-0.1, -0.05) is 11.6 Å². The number of nitrogens with one attached hydrogen (secondary N) is 2. The normalized spacial score (nSPS) is 11.5. The number of thiazole rings is 1. The molecule has 2 aromatic rings. The number of hydrazine groups is 1. The molecule has 0 radical (unpaired) electrons. The first kappa shape index (κ1) is 14.2. The molecular weight excluding hydrogens is 310 g/mol. The number of pyridine rings is 1. The minimum Gasteiger partial charge on any atom is -0.307 e. The SMILES string of the molecule is NNc1ncc(S(=O)(=O)NCc2cncs2)cc1Cl. The van der Waals surface area contributed by atoms with Gasteiger partial charge in [0.2, 0.25) is 10.0 Å². The van der Waals surface area contributed by atoms with Crippen molar-refractivity contribution in [3.8, 4) is 0 Å². The second-order valence-electron chi connectivity index (χ2n) is 3.44. The summed E-state index contributed by atoms with van der Waals surface area (Å²) >= 11 is 7.19. The highest BCUT2D eigenvalue weighted by molar-refractivity contribution is 7.89. The van der Waals surface area contributed by atoms with Gasteiger partial charge in [0, 0.05) is 23.8 Å². The van der Waals surface area contributed by atoms with Crippen LogP contribution >= 0.6 is 22.9 Å². The number of hydrogen-bond donors (Lipinski definition) is 3. The highest BCUT2D eigenvalue weighted by atomic mass is 35.5. The lowest BCUT2D eigenvalue weighted by Gasteiger charge is -2.07. The van der Waals surface area contributed by atoms with Crippen molar-refractivity contribution in [3.05, 3.63) is 33.9 Å². The van der Waals surface area contributed by atoms with Crippen molar-refractivity contribution in [1.29, 1.82) is 0 Å². The van der Waals surface area contributed by atoms with Crippen LogP contribution in [0.15, 0.2) is 28.9 Å². The fourth-order valence-corrected chi connectivity index (χ4v) is 3.14. The van der Waals surface area contributed by atoms with Gasteiger partial charge in [-0.2, -0.15) is 0 Å². The van der Waals surface area contributed by atoms with Gasteiger partial charge in [-0.25, -0.2) is 24.0 Å². The van der Waals surface area contributed by atoms with Crippen LogP contribution in [0.1, 0.15) is 4.88 Å². The van der Waals surface area contributed by atoms with Gasteiger partial charge in [-0.3, -0.25) is 4.98 Å². The van der Waals surface area contributed by atoms with Gasteiger partial charge in [0.05, 0.1) is 10.5 Å². The molecule has 2 aromatic heterocycles. The predicted molar refractivity (Wildman–Crippen MR) is 73.2 cm³/mol. The van der Waals surface area contributed by atoms with Crippen LogP contribution in [0.25, 0.3) is 0 Å². The lowest BCUT2D eigenvalue weighted by atomic mass is 10.5. The molecule has 0 spiro atoms. The van der Waals surface area contributed by atoms with Gasteiger partial charge in [0.15, 0.2) is 5.82 Å². The summed E-state index contributed by atoms with van der Waals surface area (Å²) < 4.78 is 26.4. The van der Waals surface area contributed by atoms with Crippen LogP contribution in [-0.4, -0.2) is 18.4 Å². The summed E-state index contributed by atoms with van der Waals surface area (Å²) in [6, 6.07) is 1.28. The van der Waals surface area contributed by atoms with E-state index in [1.807, 2.05) is 0 Å². The summed E-state index contributed by atoms with van der Waals surface area (Å²) in [6.45, 7) is 0.168. The highest BCUT2D eigenvalue weighted by Crippen LogP contribution is 2.21. The monoisotopic (exact) mass is 319 g/mol. The predicted octanol–water partition coefficient (Wildman–Crippen LogP) is 0.956. The zero-order valence-corrected chi connectivity index (χ0v) is 11.9. The molecule has 19 heavy (non-hydrogen) atoms. The van der Waals surface area contributed by atoms with Gasteiger partial charge < -0.3 is 5.43 Å². The molecule has 0 aromatic carbocycles. The van der Waals surface area contributed by atoms with E-state index in [1.165, 1.54) is 23.6 Å². The molecule has 0 amide bonds. The molecule has 2 rings (SSSR count). The second kappa shape index (κ2) is 5.80. The number of sulfonamides is 1. The van der Waals surface area contributed by atoms with Crippen molar-refractivity contribution in [1.82, 2.24) is 14.7 Å². The maximum Gasteiger partial charge on any atom is 0.242 e. The van der Waals surface area contributed by atoms with Gasteiger partial charge in [0.1, 0.15) is 4.90 Å². The number of aromatic nitrogens is 2. The van der Waals surface area contributed by atoms with E-state index in [4.69, 9.17) is 17.4 Å². The lowest BCUT2D eigenvalue weighted by Crippen LogP contribution is -2.23. The maximum atomic E-state index is 12.0. The molecule has 0 unspecified atom stereocenters. The molecule has 102 valence electrons. The molecule has 0 bridgehead atoms. The van der Waals surface area contributed by atoms with E-state index in [1.54, 1.807) is 11.7 Å². The Morgan fingerprint density at radius 2 is 2.21 bits per heavy atom. The zero-order valence-electron chi connectivity index (χ0n) is 9.50. The number of nitrogen functional groups attached to an aromatic ring is 1. The van der Waals surface area contributed by atoms with Crippen molar-refractivity contribution in [2.75, 3.05) is 5.43 Å². The molecular formula is C9H10ClN5O2S2. The van der Waals surface area contributed by atoms with Crippen LogP contribution in [0.4, 0.5) is 5.82 Å². The third kappa shape index (κ3) is 3.39. The van der Waals surface area contributed by atoms with E-state index in [9.17, 15) is 8.42 Å². The van der Waals surface area contributed by atoms with E-state index >= 15 is 0 Å². The first-order valence-electron chi connectivity index (χ1n) is 5.02. The molecule has 0 aliphatic heterocycles. The standard InChI is InChI=1S/C9H10ClN5O2S2/c10-8-1-7(4-13-9(8)15-11)19(16,17)14-3-6-2-12-5-18-6/h1-2,4-5,14H,3,11H2,(H,13,15). The van der Waals surface area contributed by atoms with Crippen molar-refractivity contribution < 1.29 is 8.42 Å². The minimum absolute atomic E-state index is 0.0268. The van der Waals surface area contributed by atoms with Crippen LogP contribution in [0.5, 0.6) is 0 Å². The molecule has 0 saturated heterocycles. The van der Waals surface area contributed by atoms with Gasteiger partial charge >= 0.3 is 0 Å². The average molecular weight is 320 g/mol. The Hall–Kier alpha value is -1.26. The van der Waals surface area contributed by atoms with E-state index in [0.29, 0.717) is 0 Å². The second-order valence-corrected chi connectivity index (χ2v) is 6.58. The lowest BCUT2D eigenvalue weighted by molar-refractivity contribution is 0.581. The van der Waals surface area contributed by atoms with E-state index in [2.05, 4.69) is 20.1 Å². The van der Waals surface area contributed by atoms with Crippen LogP contribution < -0.4 is 16.0 Å². The molecule has 2 heterocycles. The summed E-state index contributed by atoms with van der Waals surface area (Å²) in [5.74, 6) is 5.38. The largest absolute Gasteiger partial charge is 0.307 e. The average Bonchev–Trinajstić information content (AvgIpc) is 2.89. The third-order valence-electron chi connectivity index (χ3n) is 2.18. The Bertz CT molecular complexity index is 659. The Morgan fingerprint density at radius 1 is 1.42 bits per heavy atom. The Labute approximate surface area is 118 Å². The van der Waals surface area contributed by atoms with Gasteiger partial charge in [0.25, 0.3) is 0 Å². The number of rotatable bonds is 5. The van der Waals surface area contributed by atoms with E-state index in [-0.39, 0.29) is 22.3 Å². The molecule has 0 atom stereocenters. The number of hydrogen-bond acceptors (Lipinski definition) is 7.